The lowest BCUT2D eigenvalue weighted by molar-refractivity contribution is 0.590. The summed E-state index contributed by atoms with van der Waals surface area (Å²) in [5.74, 6) is 0. The normalized spacial score (nSPS) is 12.5. The zero-order valence-corrected chi connectivity index (χ0v) is 36.6. The number of para-hydroxylation sites is 3. The van der Waals surface area contributed by atoms with Gasteiger partial charge in [-0.2, -0.15) is 5.26 Å². The lowest BCUT2D eigenvalue weighted by atomic mass is 9.85. The first kappa shape index (κ1) is 37.7. The number of fused-ring (bicyclic) bond motifs is 13. The predicted molar refractivity (Wildman–Crippen MR) is 265 cm³/mol. The van der Waals surface area contributed by atoms with E-state index in [0.717, 1.165) is 88.0 Å². The number of aromatic nitrogens is 3. The highest BCUT2D eigenvalue weighted by Crippen LogP contribution is 2.45. The molecule has 0 aliphatic rings. The largest absolute Gasteiger partial charge is 0.455 e. The Morgan fingerprint density at radius 3 is 1.62 bits per heavy atom. The summed E-state index contributed by atoms with van der Waals surface area (Å²) in [7, 11) is 0. The van der Waals surface area contributed by atoms with Gasteiger partial charge in [0.05, 0.1) is 56.3 Å². The zero-order valence-electron chi connectivity index (χ0n) is 36.6. The number of hydrogen-bond acceptors (Lipinski definition) is 2. The Morgan fingerprint density at radius 1 is 0.484 bits per heavy atom. The van der Waals surface area contributed by atoms with Gasteiger partial charge < -0.3 is 18.1 Å². The van der Waals surface area contributed by atoms with Crippen molar-refractivity contribution in [3.8, 4) is 23.1 Å². The highest BCUT2D eigenvalue weighted by atomic mass is 16.3. The Hall–Kier alpha value is -8.06. The van der Waals surface area contributed by atoms with Crippen LogP contribution in [-0.2, 0) is 10.8 Å². The molecule has 64 heavy (non-hydrogen) atoms. The summed E-state index contributed by atoms with van der Waals surface area (Å²) in [5, 5.41) is 19.9. The first-order chi connectivity index (χ1) is 30.9. The Bertz CT molecular complexity index is 3900. The van der Waals surface area contributed by atoms with Crippen molar-refractivity contribution in [3.63, 3.8) is 0 Å². The maximum absolute atomic E-state index is 11.2. The third-order valence-electron chi connectivity index (χ3n) is 13.4. The van der Waals surface area contributed by atoms with E-state index in [1.54, 1.807) is 0 Å². The molecule has 0 spiro atoms. The Kier molecular flexibility index (Phi) is 7.79. The van der Waals surface area contributed by atoms with Crippen LogP contribution < -0.4 is 0 Å². The van der Waals surface area contributed by atoms with E-state index in [2.05, 4.69) is 187 Å². The van der Waals surface area contributed by atoms with Crippen LogP contribution in [0.2, 0.25) is 0 Å². The van der Waals surface area contributed by atoms with Crippen LogP contribution >= 0.6 is 0 Å². The summed E-state index contributed by atoms with van der Waals surface area (Å²) in [6.07, 6.45) is 0. The summed E-state index contributed by atoms with van der Waals surface area (Å²) in [4.78, 5) is 4.22. The topological polar surface area (TPSA) is 56.1 Å². The van der Waals surface area contributed by atoms with Crippen molar-refractivity contribution >= 4 is 93.0 Å². The minimum absolute atomic E-state index is 0.0636. The molecule has 6 heteroatoms. The summed E-state index contributed by atoms with van der Waals surface area (Å²) >= 11 is 0. The van der Waals surface area contributed by atoms with Gasteiger partial charge in [-0.25, -0.2) is 4.85 Å². The number of rotatable bonds is 3. The number of furan rings is 1. The molecule has 0 amide bonds. The third-order valence-corrected chi connectivity index (χ3v) is 13.4. The van der Waals surface area contributed by atoms with Gasteiger partial charge in [-0.3, -0.25) is 0 Å². The average molecular weight is 826 g/mol. The van der Waals surface area contributed by atoms with Crippen molar-refractivity contribution in [3.05, 3.63) is 180 Å². The van der Waals surface area contributed by atoms with Gasteiger partial charge in [-0.05, 0) is 107 Å². The van der Waals surface area contributed by atoms with Crippen molar-refractivity contribution in [2.24, 2.45) is 0 Å². The van der Waals surface area contributed by atoms with Gasteiger partial charge >= 0.3 is 0 Å². The molecule has 0 saturated heterocycles. The minimum atomic E-state index is -0.0636. The van der Waals surface area contributed by atoms with Crippen LogP contribution in [0.15, 0.2) is 156 Å². The van der Waals surface area contributed by atoms with E-state index in [-0.39, 0.29) is 10.8 Å². The quantitative estimate of drug-likeness (QED) is 0.167. The van der Waals surface area contributed by atoms with E-state index >= 15 is 0 Å². The molecule has 0 aliphatic carbocycles. The van der Waals surface area contributed by atoms with Crippen molar-refractivity contribution in [1.29, 1.82) is 5.26 Å². The summed E-state index contributed by atoms with van der Waals surface area (Å²) in [6.45, 7) is 22.1. The number of nitrogens with zero attached hydrogens (tertiary/aromatic N) is 5. The molecule has 0 N–H and O–H groups in total. The SMILES string of the molecule is [C-]#[N+]c1cc(-n2c3ccc(-n4c5ccccc5c5ccccc54)cc3c3c4oc5ccccc5c4ccc32)cc(C#N)c1-n1c2ccc(C(C)(C)C)cc2c2cc(C(C)(C)C)ccc21. The standard InChI is InChI=1S/C58H43N5O/c1-57(2,3)35-20-24-49-43(29-35)44-30-36(58(4,5)6)21-25-50(44)63(49)55-34(33-59)28-38(32-46(55)60-7)62-51-26-22-37(61-47-17-11-8-14-39(47)40-15-9-12-18-48(40)61)31-45(51)54-52(62)27-23-42-41-16-10-13-19-53(41)64-56(42)54/h8-32H,1-6H3. The molecular weight excluding hydrogens is 783 g/mol. The van der Waals surface area contributed by atoms with E-state index in [9.17, 15) is 5.26 Å². The van der Waals surface area contributed by atoms with Crippen molar-refractivity contribution in [2.75, 3.05) is 0 Å². The molecule has 0 aliphatic heterocycles. The molecular formula is C58H43N5O. The van der Waals surface area contributed by atoms with E-state index in [1.165, 1.54) is 21.9 Å². The average Bonchev–Trinajstić information content (AvgIpc) is 4.03. The second-order valence-corrected chi connectivity index (χ2v) is 19.2. The van der Waals surface area contributed by atoms with Crippen molar-refractivity contribution in [1.82, 2.24) is 13.7 Å². The third kappa shape index (κ3) is 5.30. The van der Waals surface area contributed by atoms with Gasteiger partial charge in [0.1, 0.15) is 17.2 Å². The lowest BCUT2D eigenvalue weighted by Crippen LogP contribution is -2.10. The smallest absolute Gasteiger partial charge is 0.214 e. The molecule has 0 fully saturated rings. The fraction of sp³-hybridized carbons (Fsp3) is 0.138. The van der Waals surface area contributed by atoms with E-state index in [0.29, 0.717) is 16.9 Å². The van der Waals surface area contributed by atoms with Crippen molar-refractivity contribution in [2.45, 2.75) is 52.4 Å². The van der Waals surface area contributed by atoms with Crippen molar-refractivity contribution < 1.29 is 4.42 Å². The van der Waals surface area contributed by atoms with Crippen LogP contribution in [0.3, 0.4) is 0 Å². The molecule has 0 atom stereocenters. The van der Waals surface area contributed by atoms with Crippen LogP contribution in [0.25, 0.3) is 109 Å². The van der Waals surface area contributed by atoms with E-state index in [4.69, 9.17) is 11.0 Å². The van der Waals surface area contributed by atoms with Crippen LogP contribution in [-0.4, -0.2) is 13.7 Å². The molecule has 4 heterocycles. The molecule has 0 unspecified atom stereocenters. The Labute approximate surface area is 370 Å². The molecule has 4 aromatic heterocycles. The second-order valence-electron chi connectivity index (χ2n) is 19.2. The maximum atomic E-state index is 11.2. The maximum Gasteiger partial charge on any atom is 0.214 e. The van der Waals surface area contributed by atoms with Gasteiger partial charge in [0.25, 0.3) is 0 Å². The Morgan fingerprint density at radius 2 is 1.02 bits per heavy atom. The monoisotopic (exact) mass is 825 g/mol. The highest BCUT2D eigenvalue weighted by Gasteiger charge is 2.26. The second kappa shape index (κ2) is 13.2. The van der Waals surface area contributed by atoms with E-state index in [1.807, 2.05) is 30.3 Å². The van der Waals surface area contributed by atoms with E-state index < -0.39 is 0 Å². The highest BCUT2D eigenvalue weighted by molar-refractivity contribution is 6.24. The molecule has 0 radical (unpaired) electrons. The molecule has 0 saturated carbocycles. The van der Waals surface area contributed by atoms with Crippen LogP contribution in [0, 0.1) is 17.9 Å². The number of hydrogen-bond donors (Lipinski definition) is 0. The lowest BCUT2D eigenvalue weighted by Gasteiger charge is -2.19. The molecule has 12 rings (SSSR count). The van der Waals surface area contributed by atoms with Gasteiger partial charge in [0.15, 0.2) is 0 Å². The van der Waals surface area contributed by atoms with Gasteiger partial charge in [-0.1, -0.05) is 108 Å². The predicted octanol–water partition coefficient (Wildman–Crippen LogP) is 15.9. The summed E-state index contributed by atoms with van der Waals surface area (Å²) in [5.41, 5.74) is 13.2. The fourth-order valence-corrected chi connectivity index (χ4v) is 10.2. The van der Waals surface area contributed by atoms with Gasteiger partial charge in [0.2, 0.25) is 5.69 Å². The molecule has 12 aromatic rings. The molecule has 6 nitrogen and oxygen atoms in total. The minimum Gasteiger partial charge on any atom is -0.455 e. The zero-order chi connectivity index (χ0) is 43.8. The fourth-order valence-electron chi connectivity index (χ4n) is 10.2. The van der Waals surface area contributed by atoms with Crippen LogP contribution in [0.5, 0.6) is 0 Å². The van der Waals surface area contributed by atoms with Crippen LogP contribution in [0.1, 0.15) is 58.2 Å². The summed E-state index contributed by atoms with van der Waals surface area (Å²) < 4.78 is 13.4. The number of nitriles is 1. The molecule has 8 aromatic carbocycles. The Balaban J connectivity index is 1.15. The first-order valence-corrected chi connectivity index (χ1v) is 21.9. The van der Waals surface area contributed by atoms with Gasteiger partial charge in [0, 0.05) is 49.1 Å². The summed E-state index contributed by atoms with van der Waals surface area (Å²) in [6, 6.07) is 56.0. The number of benzene rings is 8. The first-order valence-electron chi connectivity index (χ1n) is 21.9. The molecule has 0 bridgehead atoms. The molecule has 306 valence electrons. The van der Waals surface area contributed by atoms with Gasteiger partial charge in [-0.15, -0.1) is 0 Å². The van der Waals surface area contributed by atoms with Crippen LogP contribution in [0.4, 0.5) is 5.69 Å².